The average Bonchev–Trinajstić information content (AvgIpc) is 2.56. The number of carboxylic acids is 1. The van der Waals surface area contributed by atoms with Crippen LogP contribution in [0.3, 0.4) is 0 Å². The van der Waals surface area contributed by atoms with E-state index < -0.39 is 37.0 Å². The second kappa shape index (κ2) is 12.5. The SMILES string of the molecule is COCC(=O)Nc1c(I)c(C(=O)O)c(I)c(C(=O)NC(CO)CO)c1I.Cl. The number of carboxylic acid groups (broad SMARTS) is 1. The van der Waals surface area contributed by atoms with Gasteiger partial charge in [0.1, 0.15) is 6.61 Å². The van der Waals surface area contributed by atoms with Gasteiger partial charge in [0.15, 0.2) is 0 Å². The largest absolute Gasteiger partial charge is 0.478 e. The minimum absolute atomic E-state index is 0. The number of hydrogen-bond acceptors (Lipinski definition) is 6. The first-order valence-electron chi connectivity index (χ1n) is 6.94. The number of benzene rings is 1. The normalized spacial score (nSPS) is 10.3. The maximum atomic E-state index is 12.6. The van der Waals surface area contributed by atoms with Gasteiger partial charge in [-0.3, -0.25) is 9.59 Å². The second-order valence-electron chi connectivity index (χ2n) is 4.89. The molecule has 152 valence electrons. The van der Waals surface area contributed by atoms with Crippen molar-refractivity contribution in [2.24, 2.45) is 0 Å². The number of aromatic carboxylic acids is 1. The number of aliphatic hydroxyl groups excluding tert-OH is 2. The van der Waals surface area contributed by atoms with E-state index >= 15 is 0 Å². The van der Waals surface area contributed by atoms with Gasteiger partial charge < -0.3 is 30.7 Å². The number of carbonyl (C=O) groups excluding carboxylic acids is 2. The van der Waals surface area contributed by atoms with Gasteiger partial charge in [-0.05, 0) is 67.8 Å². The summed E-state index contributed by atoms with van der Waals surface area (Å²) in [6, 6.07) is -0.895. The summed E-state index contributed by atoms with van der Waals surface area (Å²) in [5.41, 5.74) is 0.0819. The van der Waals surface area contributed by atoms with Crippen molar-refractivity contribution in [1.82, 2.24) is 5.32 Å². The van der Waals surface area contributed by atoms with Crippen molar-refractivity contribution < 1.29 is 34.4 Å². The first-order chi connectivity index (χ1) is 12.2. The van der Waals surface area contributed by atoms with Crippen molar-refractivity contribution >= 4 is 104 Å². The van der Waals surface area contributed by atoms with Crippen molar-refractivity contribution in [2.75, 3.05) is 32.2 Å². The molecule has 0 spiro atoms. The number of anilines is 1. The van der Waals surface area contributed by atoms with Crippen LogP contribution in [-0.4, -0.2) is 66.1 Å². The highest BCUT2D eigenvalue weighted by atomic mass is 127. The summed E-state index contributed by atoms with van der Waals surface area (Å²) >= 11 is 5.38. The third-order valence-electron chi connectivity index (χ3n) is 3.07. The van der Waals surface area contributed by atoms with E-state index in [1.165, 1.54) is 7.11 Å². The molecule has 0 aromatic heterocycles. The van der Waals surface area contributed by atoms with Gasteiger partial charge in [0.2, 0.25) is 5.91 Å². The molecular weight excluding hydrogens is 724 g/mol. The molecule has 1 rings (SSSR count). The molecule has 0 unspecified atom stereocenters. The summed E-state index contributed by atoms with van der Waals surface area (Å²) in [4.78, 5) is 36.1. The van der Waals surface area contributed by atoms with Crippen LogP contribution in [0.2, 0.25) is 0 Å². The van der Waals surface area contributed by atoms with Crippen LogP contribution in [-0.2, 0) is 9.53 Å². The topological polar surface area (TPSA) is 145 Å². The van der Waals surface area contributed by atoms with E-state index in [4.69, 9.17) is 14.9 Å². The zero-order valence-corrected chi connectivity index (χ0v) is 21.0. The van der Waals surface area contributed by atoms with Crippen LogP contribution >= 0.6 is 80.2 Å². The highest BCUT2D eigenvalue weighted by Gasteiger charge is 2.29. The van der Waals surface area contributed by atoms with E-state index in [2.05, 4.69) is 10.6 Å². The third-order valence-corrected chi connectivity index (χ3v) is 6.31. The predicted octanol–water partition coefficient (Wildman–Crippen LogP) is 1.29. The lowest BCUT2D eigenvalue weighted by atomic mass is 10.1. The zero-order valence-electron chi connectivity index (χ0n) is 13.7. The van der Waals surface area contributed by atoms with Crippen LogP contribution in [0.25, 0.3) is 0 Å². The number of halogens is 4. The Labute approximate surface area is 201 Å². The van der Waals surface area contributed by atoms with E-state index in [0.29, 0.717) is 3.57 Å². The summed E-state index contributed by atoms with van der Waals surface area (Å²) in [5.74, 6) is -2.43. The van der Waals surface area contributed by atoms with Gasteiger partial charge in [-0.15, -0.1) is 12.4 Å². The number of aliphatic hydroxyl groups is 2. The molecule has 27 heavy (non-hydrogen) atoms. The lowest BCUT2D eigenvalue weighted by molar-refractivity contribution is -0.119. The van der Waals surface area contributed by atoms with Crippen molar-refractivity contribution in [3.8, 4) is 0 Å². The number of nitrogens with one attached hydrogen (secondary N) is 2. The number of rotatable bonds is 8. The Kier molecular flexibility index (Phi) is 12.5. The van der Waals surface area contributed by atoms with E-state index in [1.807, 2.05) is 22.6 Å². The second-order valence-corrected chi connectivity index (χ2v) is 8.13. The molecule has 0 saturated heterocycles. The summed E-state index contributed by atoms with van der Waals surface area (Å²) in [6.45, 7) is -1.20. The minimum atomic E-state index is -1.26. The van der Waals surface area contributed by atoms with Crippen LogP contribution < -0.4 is 10.6 Å². The van der Waals surface area contributed by atoms with Crippen LogP contribution in [0.4, 0.5) is 5.69 Å². The molecule has 0 aliphatic carbocycles. The number of methoxy groups -OCH3 is 1. The molecule has 1 aromatic rings. The van der Waals surface area contributed by atoms with Crippen LogP contribution in [0.15, 0.2) is 0 Å². The van der Waals surface area contributed by atoms with Crippen molar-refractivity contribution in [3.05, 3.63) is 21.8 Å². The number of amides is 2. The fourth-order valence-corrected chi connectivity index (χ4v) is 6.26. The molecule has 0 fully saturated rings. The summed E-state index contributed by atoms with van der Waals surface area (Å²) < 4.78 is 5.53. The quantitative estimate of drug-likeness (QED) is 0.253. The molecular formula is C14H16ClI3N2O7. The standard InChI is InChI=1S/C14H15I3N2O7.ClH/c1-26-4-6(22)19-12-10(16)7(13(23)18-5(2-20)3-21)9(15)8(11(12)17)14(24)25;/h5,20-21H,2-4H2,1H3,(H,18,23)(H,19,22)(H,24,25);1H. The minimum Gasteiger partial charge on any atom is -0.478 e. The Morgan fingerprint density at radius 1 is 1.04 bits per heavy atom. The van der Waals surface area contributed by atoms with Crippen molar-refractivity contribution in [2.45, 2.75) is 6.04 Å². The van der Waals surface area contributed by atoms with Crippen LogP contribution in [0.5, 0.6) is 0 Å². The third kappa shape index (κ3) is 6.77. The summed E-state index contributed by atoms with van der Waals surface area (Å²) in [5, 5.41) is 32.8. The predicted molar refractivity (Wildman–Crippen MR) is 125 cm³/mol. The lowest BCUT2D eigenvalue weighted by Crippen LogP contribution is -2.41. The number of carbonyl (C=O) groups is 3. The molecule has 0 heterocycles. The molecule has 1 aromatic carbocycles. The molecule has 13 heteroatoms. The van der Waals surface area contributed by atoms with Gasteiger partial charge in [0.25, 0.3) is 5.91 Å². The van der Waals surface area contributed by atoms with E-state index in [9.17, 15) is 19.5 Å². The fraction of sp³-hybridized carbons (Fsp3) is 0.357. The molecule has 0 radical (unpaired) electrons. The molecule has 9 nitrogen and oxygen atoms in total. The molecule has 0 atom stereocenters. The number of hydrogen-bond donors (Lipinski definition) is 5. The Bertz CT molecular complexity index is 729. The number of ether oxygens (including phenoxy) is 1. The summed E-state index contributed by atoms with van der Waals surface area (Å²) in [6.07, 6.45) is 0. The maximum absolute atomic E-state index is 12.6. The lowest BCUT2D eigenvalue weighted by Gasteiger charge is -2.20. The van der Waals surface area contributed by atoms with Gasteiger partial charge in [-0.1, -0.05) is 0 Å². The van der Waals surface area contributed by atoms with Gasteiger partial charge in [-0.25, -0.2) is 4.79 Å². The highest BCUT2D eigenvalue weighted by molar-refractivity contribution is 14.1. The molecule has 0 saturated carbocycles. The van der Waals surface area contributed by atoms with Crippen molar-refractivity contribution in [1.29, 1.82) is 0 Å². The monoisotopic (exact) mass is 740 g/mol. The van der Waals surface area contributed by atoms with E-state index in [0.717, 1.165) is 0 Å². The first kappa shape index (κ1) is 27.0. The van der Waals surface area contributed by atoms with Crippen LogP contribution in [0, 0.1) is 10.7 Å². The average molecular weight is 740 g/mol. The molecule has 5 N–H and O–H groups in total. The maximum Gasteiger partial charge on any atom is 0.337 e. The first-order valence-corrected chi connectivity index (χ1v) is 10.2. The van der Waals surface area contributed by atoms with Crippen molar-refractivity contribution in [3.63, 3.8) is 0 Å². The Morgan fingerprint density at radius 2 is 1.56 bits per heavy atom. The van der Waals surface area contributed by atoms with Gasteiger partial charge in [-0.2, -0.15) is 0 Å². The van der Waals surface area contributed by atoms with Crippen LogP contribution in [0.1, 0.15) is 20.7 Å². The Balaban J connectivity index is 0.00000676. The molecule has 0 aliphatic rings. The van der Waals surface area contributed by atoms with E-state index in [-0.39, 0.29) is 43.0 Å². The zero-order chi connectivity index (χ0) is 20.0. The van der Waals surface area contributed by atoms with Gasteiger partial charge in [0, 0.05) is 10.7 Å². The highest BCUT2D eigenvalue weighted by Crippen LogP contribution is 2.35. The van der Waals surface area contributed by atoms with Gasteiger partial charge >= 0.3 is 5.97 Å². The van der Waals surface area contributed by atoms with Gasteiger partial charge in [0.05, 0.1) is 43.2 Å². The smallest absolute Gasteiger partial charge is 0.337 e. The fourth-order valence-electron chi connectivity index (χ4n) is 1.87. The Morgan fingerprint density at radius 3 is 2.00 bits per heavy atom. The summed E-state index contributed by atoms with van der Waals surface area (Å²) in [7, 11) is 1.34. The Hall–Kier alpha value is -0.0100. The molecule has 0 bridgehead atoms. The molecule has 2 amide bonds. The van der Waals surface area contributed by atoms with E-state index in [1.54, 1.807) is 45.2 Å². The molecule has 0 aliphatic heterocycles.